The zero-order valence-electron chi connectivity index (χ0n) is 11.7. The minimum atomic E-state index is -3.16. The first-order valence-corrected chi connectivity index (χ1v) is 9.02. The number of nitrogens with one attached hydrogen (secondary N) is 2. The monoisotopic (exact) mass is 309 g/mol. The first-order chi connectivity index (χ1) is 10.1. The fourth-order valence-electron chi connectivity index (χ4n) is 3.09. The van der Waals surface area contributed by atoms with Gasteiger partial charge in [-0.15, -0.1) is 0 Å². The zero-order chi connectivity index (χ0) is 14.9. The molecule has 0 saturated heterocycles. The van der Waals surface area contributed by atoms with Gasteiger partial charge >= 0.3 is 0 Å². The number of nitrogens with zero attached hydrogens (tertiary/aromatic N) is 1. The highest BCUT2D eigenvalue weighted by atomic mass is 32.2. The van der Waals surface area contributed by atoms with Crippen molar-refractivity contribution in [2.24, 2.45) is 0 Å². The van der Waals surface area contributed by atoms with E-state index >= 15 is 0 Å². The third-order valence-electron chi connectivity index (χ3n) is 4.17. The molecule has 1 aromatic rings. The van der Waals surface area contributed by atoms with Gasteiger partial charge in [-0.25, -0.2) is 8.42 Å². The molecule has 6 nitrogen and oxygen atoms in total. The van der Waals surface area contributed by atoms with Gasteiger partial charge in [0.05, 0.1) is 29.2 Å². The molecule has 114 valence electrons. The van der Waals surface area contributed by atoms with E-state index in [9.17, 15) is 13.2 Å². The Balaban J connectivity index is 1.71. The van der Waals surface area contributed by atoms with Gasteiger partial charge in [0.1, 0.15) is 0 Å². The number of H-pyrrole nitrogens is 1. The van der Waals surface area contributed by atoms with Crippen molar-refractivity contribution in [2.75, 3.05) is 5.75 Å². The van der Waals surface area contributed by atoms with Crippen LogP contribution in [0.1, 0.15) is 54.1 Å². The molecule has 2 N–H and O–H groups in total. The molecular weight excluding hydrogens is 290 g/mol. The van der Waals surface area contributed by atoms with Gasteiger partial charge < -0.3 is 5.32 Å². The highest BCUT2D eigenvalue weighted by Crippen LogP contribution is 2.33. The SMILES string of the molecule is O=C(NC1C=CS(=O)(=O)C1)c1cn[nH]c1C1CCCCC1. The summed E-state index contributed by atoms with van der Waals surface area (Å²) in [5.41, 5.74) is 1.43. The third kappa shape index (κ3) is 3.18. The molecule has 1 aromatic heterocycles. The van der Waals surface area contributed by atoms with Crippen LogP contribution in [0.25, 0.3) is 0 Å². The maximum absolute atomic E-state index is 12.3. The number of sulfone groups is 1. The van der Waals surface area contributed by atoms with Crippen molar-refractivity contribution in [3.05, 3.63) is 28.9 Å². The average Bonchev–Trinajstić information content (AvgIpc) is 3.06. The van der Waals surface area contributed by atoms with Crippen LogP contribution in [0.15, 0.2) is 17.7 Å². The van der Waals surface area contributed by atoms with Gasteiger partial charge in [-0.2, -0.15) is 5.10 Å². The summed E-state index contributed by atoms with van der Waals surface area (Å²) in [5, 5.41) is 10.9. The molecule has 0 bridgehead atoms. The quantitative estimate of drug-likeness (QED) is 0.885. The van der Waals surface area contributed by atoms with Gasteiger partial charge in [-0.05, 0) is 18.9 Å². The molecule has 1 atom stereocenters. The van der Waals surface area contributed by atoms with Crippen molar-refractivity contribution in [1.82, 2.24) is 15.5 Å². The highest BCUT2D eigenvalue weighted by Gasteiger charge is 2.27. The number of hydrogen-bond acceptors (Lipinski definition) is 4. The van der Waals surface area contributed by atoms with Crippen LogP contribution in [0.2, 0.25) is 0 Å². The summed E-state index contributed by atoms with van der Waals surface area (Å²) >= 11 is 0. The summed E-state index contributed by atoms with van der Waals surface area (Å²) < 4.78 is 22.7. The van der Waals surface area contributed by atoms with Crippen molar-refractivity contribution in [3.63, 3.8) is 0 Å². The Morgan fingerprint density at radius 3 is 2.71 bits per heavy atom. The van der Waals surface area contributed by atoms with E-state index in [1.165, 1.54) is 31.5 Å². The van der Waals surface area contributed by atoms with E-state index in [1.54, 1.807) is 0 Å². The summed E-state index contributed by atoms with van der Waals surface area (Å²) in [6, 6.07) is -0.448. The zero-order valence-corrected chi connectivity index (χ0v) is 12.5. The molecule has 0 radical (unpaired) electrons. The molecule has 3 rings (SSSR count). The highest BCUT2D eigenvalue weighted by molar-refractivity contribution is 7.94. The maximum Gasteiger partial charge on any atom is 0.255 e. The molecular formula is C14H19N3O3S. The lowest BCUT2D eigenvalue weighted by molar-refractivity contribution is 0.0946. The van der Waals surface area contributed by atoms with E-state index < -0.39 is 15.9 Å². The molecule has 1 unspecified atom stereocenters. The fourth-order valence-corrected chi connectivity index (χ4v) is 4.33. The largest absolute Gasteiger partial charge is 0.345 e. The smallest absolute Gasteiger partial charge is 0.255 e. The topological polar surface area (TPSA) is 91.9 Å². The van der Waals surface area contributed by atoms with E-state index in [2.05, 4.69) is 15.5 Å². The average molecular weight is 309 g/mol. The minimum Gasteiger partial charge on any atom is -0.345 e. The van der Waals surface area contributed by atoms with Crippen molar-refractivity contribution >= 4 is 15.7 Å². The third-order valence-corrected chi connectivity index (χ3v) is 5.57. The van der Waals surface area contributed by atoms with Gasteiger partial charge in [-0.3, -0.25) is 9.89 Å². The van der Waals surface area contributed by atoms with Crippen LogP contribution in [0.3, 0.4) is 0 Å². The molecule has 1 amide bonds. The lowest BCUT2D eigenvalue weighted by Gasteiger charge is -2.21. The molecule has 2 heterocycles. The molecule has 7 heteroatoms. The van der Waals surface area contributed by atoms with Crippen LogP contribution in [0.5, 0.6) is 0 Å². The normalized spacial score (nSPS) is 25.0. The lowest BCUT2D eigenvalue weighted by Crippen LogP contribution is -2.36. The predicted octanol–water partition coefficient (Wildman–Crippen LogP) is 1.50. The van der Waals surface area contributed by atoms with E-state index in [4.69, 9.17) is 0 Å². The number of carbonyl (C=O) groups is 1. The maximum atomic E-state index is 12.3. The molecule has 0 aromatic carbocycles. The number of hydrogen-bond donors (Lipinski definition) is 2. The standard InChI is InChI=1S/C14H19N3O3S/c18-14(16-11-6-7-21(19,20)9-11)12-8-15-17-13(12)10-4-2-1-3-5-10/h6-8,10-11H,1-5,9H2,(H,15,17)(H,16,18). The van der Waals surface area contributed by atoms with Gasteiger partial charge in [0, 0.05) is 11.3 Å². The van der Waals surface area contributed by atoms with E-state index in [-0.39, 0.29) is 11.7 Å². The van der Waals surface area contributed by atoms with Crippen LogP contribution in [0.4, 0.5) is 0 Å². The van der Waals surface area contributed by atoms with Crippen molar-refractivity contribution in [1.29, 1.82) is 0 Å². The Morgan fingerprint density at radius 1 is 1.29 bits per heavy atom. The number of rotatable bonds is 3. The Kier molecular flexibility index (Phi) is 3.84. The van der Waals surface area contributed by atoms with E-state index in [0.717, 1.165) is 23.9 Å². The minimum absolute atomic E-state index is 0.0602. The van der Waals surface area contributed by atoms with Crippen LogP contribution in [-0.4, -0.2) is 36.3 Å². The van der Waals surface area contributed by atoms with Crippen molar-refractivity contribution in [3.8, 4) is 0 Å². The van der Waals surface area contributed by atoms with Gasteiger partial charge in [0.2, 0.25) is 0 Å². The molecule has 1 aliphatic carbocycles. The molecule has 0 spiro atoms. The Bertz CT molecular complexity index is 657. The second kappa shape index (κ2) is 5.63. The molecule has 2 aliphatic rings. The number of aromatic nitrogens is 2. The van der Waals surface area contributed by atoms with Crippen LogP contribution in [0, 0.1) is 0 Å². The summed E-state index contributed by atoms with van der Waals surface area (Å²) in [7, 11) is -3.16. The number of amides is 1. The van der Waals surface area contributed by atoms with Gasteiger partial charge in [0.25, 0.3) is 5.91 Å². The lowest BCUT2D eigenvalue weighted by atomic mass is 9.85. The molecule has 1 aliphatic heterocycles. The van der Waals surface area contributed by atoms with Crippen LogP contribution < -0.4 is 5.32 Å². The van der Waals surface area contributed by atoms with Crippen molar-refractivity contribution in [2.45, 2.75) is 44.1 Å². The van der Waals surface area contributed by atoms with E-state index in [1.807, 2.05) is 0 Å². The Labute approximate surface area is 123 Å². The second-order valence-electron chi connectivity index (χ2n) is 5.77. The summed E-state index contributed by atoms with van der Waals surface area (Å²) in [6.45, 7) is 0. The summed E-state index contributed by atoms with van der Waals surface area (Å²) in [6.07, 6.45) is 8.79. The van der Waals surface area contributed by atoms with E-state index in [0.29, 0.717) is 11.5 Å². The predicted molar refractivity (Wildman–Crippen MR) is 78.6 cm³/mol. The van der Waals surface area contributed by atoms with Crippen LogP contribution >= 0.6 is 0 Å². The molecule has 21 heavy (non-hydrogen) atoms. The first-order valence-electron chi connectivity index (χ1n) is 7.30. The summed E-state index contributed by atoms with van der Waals surface area (Å²) in [5.74, 6) is 0.0379. The number of carbonyl (C=O) groups excluding carboxylic acids is 1. The fraction of sp³-hybridized carbons (Fsp3) is 0.571. The Morgan fingerprint density at radius 2 is 2.05 bits per heavy atom. The van der Waals surface area contributed by atoms with Crippen LogP contribution in [-0.2, 0) is 9.84 Å². The van der Waals surface area contributed by atoms with Gasteiger partial charge in [0.15, 0.2) is 9.84 Å². The van der Waals surface area contributed by atoms with Crippen molar-refractivity contribution < 1.29 is 13.2 Å². The molecule has 1 fully saturated rings. The summed E-state index contributed by atoms with van der Waals surface area (Å²) in [4.78, 5) is 12.3. The van der Waals surface area contributed by atoms with Gasteiger partial charge in [-0.1, -0.05) is 19.3 Å². The number of aromatic amines is 1. The second-order valence-corrected chi connectivity index (χ2v) is 7.70. The molecule has 1 saturated carbocycles. The Hall–Kier alpha value is -1.63. The first kappa shape index (κ1) is 14.3.